The fourth-order valence-electron chi connectivity index (χ4n) is 3.83. The first-order valence-electron chi connectivity index (χ1n) is 10.6. The SMILES string of the molecule is Cc1ccccc1C[NH+]1CCN(C(=O)[C@@H](NC(=O)c2ccc(F)cc2)C(C)C)CC1. The van der Waals surface area contributed by atoms with Gasteiger partial charge in [-0.25, -0.2) is 4.39 Å². The number of nitrogens with one attached hydrogen (secondary N) is 2. The zero-order chi connectivity index (χ0) is 21.7. The third-order valence-electron chi connectivity index (χ3n) is 5.81. The molecule has 0 spiro atoms. The molecule has 1 saturated heterocycles. The first-order chi connectivity index (χ1) is 14.3. The molecule has 0 aromatic heterocycles. The maximum atomic E-state index is 13.1. The molecule has 1 aliphatic heterocycles. The van der Waals surface area contributed by atoms with Crippen LogP contribution in [-0.2, 0) is 11.3 Å². The van der Waals surface area contributed by atoms with E-state index < -0.39 is 11.9 Å². The molecule has 1 fully saturated rings. The van der Waals surface area contributed by atoms with E-state index in [1.54, 1.807) is 0 Å². The predicted octanol–water partition coefficient (Wildman–Crippen LogP) is 1.82. The van der Waals surface area contributed by atoms with Crippen LogP contribution in [0.2, 0.25) is 0 Å². The molecule has 1 aliphatic rings. The van der Waals surface area contributed by atoms with Crippen LogP contribution in [-0.4, -0.2) is 48.9 Å². The Morgan fingerprint density at radius 2 is 1.70 bits per heavy atom. The summed E-state index contributed by atoms with van der Waals surface area (Å²) in [7, 11) is 0. The fraction of sp³-hybridized carbons (Fsp3) is 0.417. The number of quaternary nitrogens is 1. The highest BCUT2D eigenvalue weighted by atomic mass is 19.1. The quantitative estimate of drug-likeness (QED) is 0.761. The van der Waals surface area contributed by atoms with Crippen LogP contribution in [0.4, 0.5) is 4.39 Å². The van der Waals surface area contributed by atoms with Crippen LogP contribution in [0.3, 0.4) is 0 Å². The second-order valence-electron chi connectivity index (χ2n) is 8.38. The van der Waals surface area contributed by atoms with Gasteiger partial charge in [0.1, 0.15) is 18.4 Å². The number of hydrogen-bond donors (Lipinski definition) is 2. The lowest BCUT2D eigenvalue weighted by atomic mass is 10.0. The highest BCUT2D eigenvalue weighted by molar-refractivity contribution is 5.97. The zero-order valence-electron chi connectivity index (χ0n) is 18.0. The monoisotopic (exact) mass is 412 g/mol. The number of carbonyl (C=O) groups is 2. The number of benzene rings is 2. The first kappa shape index (κ1) is 22.0. The van der Waals surface area contributed by atoms with Crippen molar-refractivity contribution in [3.8, 4) is 0 Å². The van der Waals surface area contributed by atoms with Crippen LogP contribution in [0.1, 0.15) is 35.3 Å². The van der Waals surface area contributed by atoms with Gasteiger partial charge < -0.3 is 15.1 Å². The number of amides is 2. The molecule has 0 saturated carbocycles. The minimum atomic E-state index is -0.597. The van der Waals surface area contributed by atoms with E-state index in [-0.39, 0.29) is 17.7 Å². The molecule has 2 aromatic rings. The Hall–Kier alpha value is -2.73. The number of halogens is 1. The normalized spacial score (nSPS) is 15.8. The third kappa shape index (κ3) is 5.45. The van der Waals surface area contributed by atoms with E-state index >= 15 is 0 Å². The van der Waals surface area contributed by atoms with Gasteiger partial charge in [-0.15, -0.1) is 0 Å². The van der Waals surface area contributed by atoms with Crippen LogP contribution in [0.25, 0.3) is 0 Å². The van der Waals surface area contributed by atoms with Gasteiger partial charge in [-0.2, -0.15) is 0 Å². The molecule has 5 nitrogen and oxygen atoms in total. The fourth-order valence-corrected chi connectivity index (χ4v) is 3.83. The average Bonchev–Trinajstić information content (AvgIpc) is 2.74. The van der Waals surface area contributed by atoms with Crippen molar-refractivity contribution in [3.63, 3.8) is 0 Å². The van der Waals surface area contributed by atoms with Crippen LogP contribution in [0.15, 0.2) is 48.5 Å². The number of nitrogens with zero attached hydrogens (tertiary/aromatic N) is 1. The Morgan fingerprint density at radius 1 is 1.07 bits per heavy atom. The molecule has 2 amide bonds. The summed E-state index contributed by atoms with van der Waals surface area (Å²) >= 11 is 0. The van der Waals surface area contributed by atoms with Crippen molar-refractivity contribution >= 4 is 11.8 Å². The van der Waals surface area contributed by atoms with Gasteiger partial charge in [-0.05, 0) is 42.7 Å². The van der Waals surface area contributed by atoms with E-state index in [9.17, 15) is 14.0 Å². The van der Waals surface area contributed by atoms with Gasteiger partial charge in [0.2, 0.25) is 5.91 Å². The van der Waals surface area contributed by atoms with Gasteiger partial charge in [0.05, 0.1) is 26.2 Å². The highest BCUT2D eigenvalue weighted by Crippen LogP contribution is 2.10. The molecule has 2 N–H and O–H groups in total. The van der Waals surface area contributed by atoms with Crippen molar-refractivity contribution in [1.29, 1.82) is 0 Å². The van der Waals surface area contributed by atoms with Gasteiger partial charge in [-0.3, -0.25) is 9.59 Å². The van der Waals surface area contributed by atoms with Crippen molar-refractivity contribution in [3.05, 3.63) is 71.0 Å². The Balaban J connectivity index is 1.58. The second kappa shape index (κ2) is 9.85. The molecule has 2 aromatic carbocycles. The van der Waals surface area contributed by atoms with Crippen LogP contribution < -0.4 is 10.2 Å². The Morgan fingerprint density at radius 3 is 2.30 bits per heavy atom. The maximum Gasteiger partial charge on any atom is 0.251 e. The average molecular weight is 413 g/mol. The number of aryl methyl sites for hydroxylation is 1. The second-order valence-corrected chi connectivity index (χ2v) is 8.38. The molecule has 1 atom stereocenters. The Bertz CT molecular complexity index is 874. The Labute approximate surface area is 177 Å². The minimum absolute atomic E-state index is 0.0424. The predicted molar refractivity (Wildman–Crippen MR) is 115 cm³/mol. The molecule has 0 unspecified atom stereocenters. The lowest BCUT2D eigenvalue weighted by Crippen LogP contribution is -3.13. The number of rotatable bonds is 6. The largest absolute Gasteiger partial charge is 0.340 e. The molecule has 160 valence electrons. The molecule has 6 heteroatoms. The molecule has 30 heavy (non-hydrogen) atoms. The lowest BCUT2D eigenvalue weighted by molar-refractivity contribution is -0.917. The molecule has 0 radical (unpaired) electrons. The topological polar surface area (TPSA) is 53.9 Å². The molecular formula is C24H31FN3O2+. The maximum absolute atomic E-state index is 13.1. The van der Waals surface area contributed by atoms with E-state index in [2.05, 4.69) is 36.5 Å². The smallest absolute Gasteiger partial charge is 0.251 e. The first-order valence-corrected chi connectivity index (χ1v) is 10.6. The molecule has 0 aliphatic carbocycles. The summed E-state index contributed by atoms with van der Waals surface area (Å²) in [5.41, 5.74) is 2.99. The van der Waals surface area contributed by atoms with Crippen molar-refractivity contribution in [2.75, 3.05) is 26.2 Å². The highest BCUT2D eigenvalue weighted by Gasteiger charge is 2.32. The van der Waals surface area contributed by atoms with Crippen LogP contribution in [0.5, 0.6) is 0 Å². The summed E-state index contributed by atoms with van der Waals surface area (Å²) < 4.78 is 13.1. The van der Waals surface area contributed by atoms with Gasteiger partial charge >= 0.3 is 0 Å². The van der Waals surface area contributed by atoms with Crippen molar-refractivity contribution in [2.45, 2.75) is 33.4 Å². The molecule has 3 rings (SSSR count). The molecule has 1 heterocycles. The summed E-state index contributed by atoms with van der Waals surface area (Å²) in [4.78, 5) is 29.0. The Kier molecular flexibility index (Phi) is 7.21. The number of carbonyl (C=O) groups excluding carboxylic acids is 2. The third-order valence-corrected chi connectivity index (χ3v) is 5.81. The summed E-state index contributed by atoms with van der Waals surface area (Å²) in [6.45, 7) is 10.1. The number of hydrogen-bond acceptors (Lipinski definition) is 2. The van der Waals surface area contributed by atoms with E-state index in [0.717, 1.165) is 19.6 Å². The van der Waals surface area contributed by atoms with E-state index in [0.29, 0.717) is 18.7 Å². The van der Waals surface area contributed by atoms with Gasteiger partial charge in [-0.1, -0.05) is 38.1 Å². The molecule has 0 bridgehead atoms. The minimum Gasteiger partial charge on any atom is -0.340 e. The van der Waals surface area contributed by atoms with Crippen molar-refractivity contribution < 1.29 is 18.9 Å². The van der Waals surface area contributed by atoms with Crippen molar-refractivity contribution in [1.82, 2.24) is 10.2 Å². The van der Waals surface area contributed by atoms with E-state index in [4.69, 9.17) is 0 Å². The summed E-state index contributed by atoms with van der Waals surface area (Å²) in [5, 5.41) is 2.85. The standard InChI is InChI=1S/C24H30FN3O2/c1-17(2)22(26-23(29)19-8-10-21(25)11-9-19)24(30)28-14-12-27(13-15-28)16-20-7-5-4-6-18(20)3/h4-11,17,22H,12-16H2,1-3H3,(H,26,29)/p+1/t22-/m0/s1. The van der Waals surface area contributed by atoms with Crippen LogP contribution in [0, 0.1) is 18.7 Å². The van der Waals surface area contributed by atoms with Crippen molar-refractivity contribution in [2.24, 2.45) is 5.92 Å². The molecular weight excluding hydrogens is 381 g/mol. The van der Waals surface area contributed by atoms with Crippen LogP contribution >= 0.6 is 0 Å². The van der Waals surface area contributed by atoms with Gasteiger partial charge in [0.15, 0.2) is 0 Å². The summed E-state index contributed by atoms with van der Waals surface area (Å²) in [6.07, 6.45) is 0. The van der Waals surface area contributed by atoms with Gasteiger partial charge in [0, 0.05) is 11.1 Å². The number of piperazine rings is 1. The van der Waals surface area contributed by atoms with E-state index in [1.807, 2.05) is 18.7 Å². The zero-order valence-corrected chi connectivity index (χ0v) is 18.0. The summed E-state index contributed by atoms with van der Waals surface area (Å²) in [6, 6.07) is 13.2. The van der Waals surface area contributed by atoms with Gasteiger partial charge in [0.25, 0.3) is 5.91 Å². The van der Waals surface area contributed by atoms with E-state index in [1.165, 1.54) is 40.3 Å². The lowest BCUT2D eigenvalue weighted by Gasteiger charge is -2.35. The summed E-state index contributed by atoms with van der Waals surface area (Å²) in [5.74, 6) is -0.838.